The van der Waals surface area contributed by atoms with Crippen LogP contribution in [0.25, 0.3) is 0 Å². The summed E-state index contributed by atoms with van der Waals surface area (Å²) in [6, 6.07) is 13.0. The maximum absolute atomic E-state index is 14.1. The highest BCUT2D eigenvalue weighted by Crippen LogP contribution is 2.38. The molecule has 0 fully saturated rings. The number of carbonyl (C=O) groups excluding carboxylic acids is 1. The lowest BCUT2D eigenvalue weighted by atomic mass is 9.88. The molecule has 31 heavy (non-hydrogen) atoms. The number of rotatable bonds is 6. The molecule has 0 saturated heterocycles. The first-order valence-electron chi connectivity index (χ1n) is 10.1. The van der Waals surface area contributed by atoms with Gasteiger partial charge in [0, 0.05) is 24.4 Å². The number of para-hydroxylation sites is 1. The standard InChI is InChI=1S/C23H24FN5O2/c1-14-7-3-4-10-18(14)26-22(31)20-15(2)25-23-27-19(11-6-12-30)28-29(23)21(20)16-8-5-9-17(24)13-16/h3-5,7-10,13,20-21,30H,2,6,11-12H2,1H3,(H,26,31)(H,25,27,28)/t20-,21+/m0/s1. The smallest absolute Gasteiger partial charge is 0.235 e. The fraction of sp³-hybridized carbons (Fsp3) is 0.261. The van der Waals surface area contributed by atoms with E-state index >= 15 is 0 Å². The number of hydrogen-bond acceptors (Lipinski definition) is 5. The Morgan fingerprint density at radius 3 is 2.84 bits per heavy atom. The third-order valence-corrected chi connectivity index (χ3v) is 5.34. The highest BCUT2D eigenvalue weighted by atomic mass is 19.1. The van der Waals surface area contributed by atoms with Gasteiger partial charge in [-0.25, -0.2) is 9.07 Å². The quantitative estimate of drug-likeness (QED) is 0.567. The van der Waals surface area contributed by atoms with Gasteiger partial charge in [-0.3, -0.25) is 4.79 Å². The number of nitrogens with zero attached hydrogens (tertiary/aromatic N) is 3. The van der Waals surface area contributed by atoms with Crippen molar-refractivity contribution in [2.75, 3.05) is 17.2 Å². The summed E-state index contributed by atoms with van der Waals surface area (Å²) in [4.78, 5) is 17.9. The minimum atomic E-state index is -0.749. The van der Waals surface area contributed by atoms with Gasteiger partial charge in [0.2, 0.25) is 11.9 Å². The Hall–Kier alpha value is -3.52. The van der Waals surface area contributed by atoms with Gasteiger partial charge in [-0.1, -0.05) is 36.9 Å². The molecule has 2 atom stereocenters. The van der Waals surface area contributed by atoms with E-state index in [1.54, 1.807) is 16.8 Å². The van der Waals surface area contributed by atoms with Crippen molar-refractivity contribution in [3.8, 4) is 0 Å². The number of aryl methyl sites for hydroxylation is 2. The average molecular weight is 421 g/mol. The Kier molecular flexibility index (Phi) is 5.81. The Morgan fingerprint density at radius 1 is 1.29 bits per heavy atom. The minimum Gasteiger partial charge on any atom is -0.396 e. The molecule has 1 amide bonds. The van der Waals surface area contributed by atoms with E-state index in [1.807, 2.05) is 31.2 Å². The first-order chi connectivity index (χ1) is 15.0. The van der Waals surface area contributed by atoms with Crippen LogP contribution < -0.4 is 10.6 Å². The maximum Gasteiger partial charge on any atom is 0.235 e. The van der Waals surface area contributed by atoms with Crippen LogP contribution in [0.15, 0.2) is 60.8 Å². The normalized spacial score (nSPS) is 17.7. The molecule has 3 aromatic rings. The first-order valence-corrected chi connectivity index (χ1v) is 10.1. The lowest BCUT2D eigenvalue weighted by molar-refractivity contribution is -0.119. The predicted molar refractivity (Wildman–Crippen MR) is 116 cm³/mol. The molecular weight excluding hydrogens is 397 g/mol. The lowest BCUT2D eigenvalue weighted by Crippen LogP contribution is -2.39. The Balaban J connectivity index is 1.75. The number of aliphatic hydroxyl groups is 1. The van der Waals surface area contributed by atoms with Crippen LogP contribution in [0.5, 0.6) is 0 Å². The van der Waals surface area contributed by atoms with Crippen molar-refractivity contribution in [3.05, 3.63) is 83.6 Å². The molecule has 0 spiro atoms. The van der Waals surface area contributed by atoms with Crippen molar-refractivity contribution in [2.45, 2.75) is 25.8 Å². The second-order valence-electron chi connectivity index (χ2n) is 7.56. The first kappa shape index (κ1) is 20.7. The van der Waals surface area contributed by atoms with Crippen LogP contribution in [0.3, 0.4) is 0 Å². The van der Waals surface area contributed by atoms with E-state index in [-0.39, 0.29) is 12.5 Å². The van der Waals surface area contributed by atoms with E-state index in [0.717, 1.165) is 5.56 Å². The van der Waals surface area contributed by atoms with Gasteiger partial charge in [0.25, 0.3) is 0 Å². The van der Waals surface area contributed by atoms with E-state index < -0.39 is 17.8 Å². The van der Waals surface area contributed by atoms with Gasteiger partial charge < -0.3 is 15.7 Å². The second kappa shape index (κ2) is 8.69. The molecule has 0 aliphatic carbocycles. The number of aliphatic hydroxyl groups excluding tert-OH is 1. The summed E-state index contributed by atoms with van der Waals surface area (Å²) in [7, 11) is 0. The van der Waals surface area contributed by atoms with Gasteiger partial charge in [-0.2, -0.15) is 10.1 Å². The number of anilines is 2. The number of nitrogens with one attached hydrogen (secondary N) is 2. The van der Waals surface area contributed by atoms with E-state index in [9.17, 15) is 9.18 Å². The highest BCUT2D eigenvalue weighted by molar-refractivity contribution is 5.96. The topological polar surface area (TPSA) is 92.1 Å². The van der Waals surface area contributed by atoms with Crippen molar-refractivity contribution in [2.24, 2.45) is 5.92 Å². The molecule has 4 rings (SSSR count). The largest absolute Gasteiger partial charge is 0.396 e. The summed E-state index contributed by atoms with van der Waals surface area (Å²) in [6.07, 6.45) is 1.01. The Bertz CT molecular complexity index is 1130. The van der Waals surface area contributed by atoms with E-state index in [1.165, 1.54) is 12.1 Å². The molecule has 160 valence electrons. The summed E-state index contributed by atoms with van der Waals surface area (Å²) in [6.45, 7) is 6.00. The molecule has 8 heteroatoms. The van der Waals surface area contributed by atoms with Gasteiger partial charge in [0.1, 0.15) is 11.7 Å². The molecule has 1 aliphatic heterocycles. The number of hydrogen-bond donors (Lipinski definition) is 3. The zero-order valence-electron chi connectivity index (χ0n) is 17.2. The number of amides is 1. The summed E-state index contributed by atoms with van der Waals surface area (Å²) >= 11 is 0. The summed E-state index contributed by atoms with van der Waals surface area (Å²) in [5.41, 5.74) is 2.67. The molecule has 3 N–H and O–H groups in total. The molecule has 7 nitrogen and oxygen atoms in total. The highest BCUT2D eigenvalue weighted by Gasteiger charge is 2.40. The number of halogens is 1. The van der Waals surface area contributed by atoms with Crippen molar-refractivity contribution in [1.82, 2.24) is 14.8 Å². The van der Waals surface area contributed by atoms with Gasteiger partial charge in [-0.05, 0) is 42.7 Å². The number of fused-ring (bicyclic) bond motifs is 1. The Labute approximate surface area is 179 Å². The van der Waals surface area contributed by atoms with E-state index in [4.69, 9.17) is 5.11 Å². The number of carbonyl (C=O) groups is 1. The fourth-order valence-corrected chi connectivity index (χ4v) is 3.79. The average Bonchev–Trinajstić information content (AvgIpc) is 3.15. The van der Waals surface area contributed by atoms with E-state index in [0.29, 0.717) is 41.6 Å². The van der Waals surface area contributed by atoms with Gasteiger partial charge in [0.15, 0.2) is 5.82 Å². The van der Waals surface area contributed by atoms with Crippen molar-refractivity contribution in [3.63, 3.8) is 0 Å². The molecule has 2 aromatic carbocycles. The second-order valence-corrected chi connectivity index (χ2v) is 7.56. The monoisotopic (exact) mass is 421 g/mol. The SMILES string of the molecule is C=C1Nc2nc(CCCO)nn2[C@H](c2cccc(F)c2)[C@H]1C(=O)Nc1ccccc1C. The van der Waals surface area contributed by atoms with Crippen LogP contribution in [-0.2, 0) is 11.2 Å². The van der Waals surface area contributed by atoms with Crippen LogP contribution in [0, 0.1) is 18.7 Å². The van der Waals surface area contributed by atoms with Crippen molar-refractivity contribution >= 4 is 17.5 Å². The molecule has 0 unspecified atom stereocenters. The zero-order chi connectivity index (χ0) is 22.0. The van der Waals surface area contributed by atoms with Crippen LogP contribution in [0.4, 0.5) is 16.0 Å². The predicted octanol–water partition coefficient (Wildman–Crippen LogP) is 3.43. The van der Waals surface area contributed by atoms with Crippen LogP contribution >= 0.6 is 0 Å². The third kappa shape index (κ3) is 4.20. The van der Waals surface area contributed by atoms with E-state index in [2.05, 4.69) is 27.3 Å². The molecule has 1 aromatic heterocycles. The van der Waals surface area contributed by atoms with Gasteiger partial charge >= 0.3 is 0 Å². The maximum atomic E-state index is 14.1. The Morgan fingerprint density at radius 2 is 2.10 bits per heavy atom. The van der Waals surface area contributed by atoms with Crippen LogP contribution in [-0.4, -0.2) is 32.4 Å². The molecule has 0 bridgehead atoms. The minimum absolute atomic E-state index is 0.0266. The molecule has 0 radical (unpaired) electrons. The zero-order valence-corrected chi connectivity index (χ0v) is 17.2. The van der Waals surface area contributed by atoms with Crippen molar-refractivity contribution in [1.29, 1.82) is 0 Å². The van der Waals surface area contributed by atoms with Crippen LogP contribution in [0.2, 0.25) is 0 Å². The van der Waals surface area contributed by atoms with Gasteiger partial charge in [-0.15, -0.1) is 0 Å². The molecule has 2 heterocycles. The number of aromatic nitrogens is 3. The number of benzene rings is 2. The summed E-state index contributed by atoms with van der Waals surface area (Å²) in [5, 5.41) is 19.7. The van der Waals surface area contributed by atoms with Gasteiger partial charge in [0.05, 0.1) is 6.04 Å². The lowest BCUT2D eigenvalue weighted by Gasteiger charge is -2.33. The third-order valence-electron chi connectivity index (χ3n) is 5.34. The summed E-state index contributed by atoms with van der Waals surface area (Å²) < 4.78 is 15.7. The molecule has 0 saturated carbocycles. The fourth-order valence-electron chi connectivity index (χ4n) is 3.79. The van der Waals surface area contributed by atoms with Crippen molar-refractivity contribution < 1.29 is 14.3 Å². The molecule has 1 aliphatic rings. The molecular formula is C23H24FN5O2. The summed E-state index contributed by atoms with van der Waals surface area (Å²) in [5.74, 6) is -0.458. The van der Waals surface area contributed by atoms with Crippen LogP contribution in [0.1, 0.15) is 29.4 Å².